The van der Waals surface area contributed by atoms with Gasteiger partial charge in [0.2, 0.25) is 17.7 Å². The fourth-order valence-corrected chi connectivity index (χ4v) is 5.78. The van der Waals surface area contributed by atoms with Crippen molar-refractivity contribution in [2.24, 2.45) is 10.4 Å². The van der Waals surface area contributed by atoms with Gasteiger partial charge in [-0.2, -0.15) is 0 Å². The van der Waals surface area contributed by atoms with Crippen LogP contribution in [0.4, 0.5) is 16.2 Å². The van der Waals surface area contributed by atoms with Gasteiger partial charge in [0.15, 0.2) is 5.41 Å². The van der Waals surface area contributed by atoms with Gasteiger partial charge in [-0.15, -0.1) is 0 Å². The number of carbonyl (C=O) groups excluding carboxylic acids is 3. The van der Waals surface area contributed by atoms with Gasteiger partial charge in [-0.3, -0.25) is 39.1 Å². The maximum Gasteiger partial charge on any atom is 0.332 e. The summed E-state index contributed by atoms with van der Waals surface area (Å²) in [6.45, 7) is 2.43. The molecule has 4 heterocycles. The van der Waals surface area contributed by atoms with Crippen LogP contribution in [0.25, 0.3) is 0 Å². The summed E-state index contributed by atoms with van der Waals surface area (Å²) in [4.78, 5) is 76.2. The van der Waals surface area contributed by atoms with Gasteiger partial charge >= 0.3 is 11.7 Å². The Balaban J connectivity index is 1.63. The fourth-order valence-electron chi connectivity index (χ4n) is 5.78. The summed E-state index contributed by atoms with van der Waals surface area (Å²) in [6.07, 6.45) is 1.86. The number of benzene rings is 1. The number of urea groups is 1. The number of nitrogens with zero attached hydrogens (tertiary/aromatic N) is 4. The molecule has 1 spiro atoms. The van der Waals surface area contributed by atoms with Crippen molar-refractivity contribution in [3.63, 3.8) is 0 Å². The summed E-state index contributed by atoms with van der Waals surface area (Å²) in [6, 6.07) is 4.39. The molecule has 0 saturated carbocycles. The first-order chi connectivity index (χ1) is 17.1. The Labute approximate surface area is 205 Å². The maximum absolute atomic E-state index is 13.5. The topological polar surface area (TPSA) is 159 Å². The summed E-state index contributed by atoms with van der Waals surface area (Å²) < 4.78 is 0. The van der Waals surface area contributed by atoms with E-state index in [2.05, 4.69) is 19.9 Å². The number of H-pyrrole nitrogens is 2. The van der Waals surface area contributed by atoms with Gasteiger partial charge in [-0.25, -0.2) is 9.59 Å². The van der Waals surface area contributed by atoms with Crippen molar-refractivity contribution in [1.82, 2.24) is 19.8 Å². The number of aromatic amines is 2. The second kappa shape index (κ2) is 8.18. The van der Waals surface area contributed by atoms with Gasteiger partial charge < -0.3 is 10.0 Å². The van der Waals surface area contributed by atoms with Crippen molar-refractivity contribution in [1.29, 1.82) is 0 Å². The predicted octanol–water partition coefficient (Wildman–Crippen LogP) is 0.861. The smallest absolute Gasteiger partial charge is 0.332 e. The van der Waals surface area contributed by atoms with Crippen LogP contribution in [0.2, 0.25) is 0 Å². The third kappa shape index (κ3) is 3.20. The number of fused-ring (bicyclic) bond motifs is 4. The molecule has 5 rings (SSSR count). The number of imide groups is 2. The molecule has 12 heteroatoms. The van der Waals surface area contributed by atoms with E-state index < -0.39 is 40.4 Å². The number of hydrogen-bond acceptors (Lipinski definition) is 8. The lowest BCUT2D eigenvalue weighted by Crippen LogP contribution is -2.70. The fraction of sp³-hybridized carbons (Fsp3) is 0.417. The van der Waals surface area contributed by atoms with Crippen molar-refractivity contribution in [3.05, 3.63) is 50.2 Å². The average Bonchev–Trinajstić information content (AvgIpc) is 3.34. The van der Waals surface area contributed by atoms with Crippen molar-refractivity contribution < 1.29 is 19.5 Å². The quantitative estimate of drug-likeness (QED) is 0.421. The summed E-state index contributed by atoms with van der Waals surface area (Å²) in [5.74, 6) is -1.59. The van der Waals surface area contributed by atoms with Crippen LogP contribution in [0, 0.1) is 5.41 Å². The van der Waals surface area contributed by atoms with E-state index in [0.29, 0.717) is 18.7 Å². The highest BCUT2D eigenvalue weighted by molar-refractivity contribution is 6.20. The number of nitrogens with one attached hydrogen (secondary N) is 2. The molecule has 2 fully saturated rings. The van der Waals surface area contributed by atoms with Crippen LogP contribution >= 0.6 is 0 Å². The number of anilines is 1. The van der Waals surface area contributed by atoms with Crippen LogP contribution in [0.5, 0.6) is 5.88 Å². The number of aromatic hydroxyl groups is 1. The summed E-state index contributed by atoms with van der Waals surface area (Å²) in [5, 5.41) is 10.2. The highest BCUT2D eigenvalue weighted by atomic mass is 16.3. The summed E-state index contributed by atoms with van der Waals surface area (Å²) >= 11 is 0. The van der Waals surface area contributed by atoms with Gasteiger partial charge in [0.1, 0.15) is 5.56 Å². The monoisotopic (exact) mass is 494 g/mol. The van der Waals surface area contributed by atoms with Crippen LogP contribution in [0.15, 0.2) is 32.8 Å². The van der Waals surface area contributed by atoms with E-state index in [1.807, 2.05) is 6.07 Å². The Morgan fingerprint density at radius 3 is 2.44 bits per heavy atom. The molecule has 0 aliphatic carbocycles. The molecule has 188 valence electrons. The minimum absolute atomic E-state index is 0.110. The van der Waals surface area contributed by atoms with Crippen LogP contribution < -0.4 is 16.1 Å². The van der Waals surface area contributed by atoms with E-state index >= 15 is 0 Å². The van der Waals surface area contributed by atoms with Crippen molar-refractivity contribution in [2.75, 3.05) is 25.5 Å². The Bertz CT molecular complexity index is 1430. The van der Waals surface area contributed by atoms with Gasteiger partial charge in [0.25, 0.3) is 5.56 Å². The molecule has 0 unspecified atom stereocenters. The number of amides is 4. The van der Waals surface area contributed by atoms with Crippen molar-refractivity contribution in [2.45, 2.75) is 38.6 Å². The van der Waals surface area contributed by atoms with Gasteiger partial charge in [-0.1, -0.05) is 6.92 Å². The van der Waals surface area contributed by atoms with Crippen molar-refractivity contribution in [3.8, 4) is 5.88 Å². The minimum atomic E-state index is -1.43. The molecule has 0 radical (unpaired) electrons. The van der Waals surface area contributed by atoms with Crippen molar-refractivity contribution >= 4 is 34.9 Å². The van der Waals surface area contributed by atoms with Crippen LogP contribution in [-0.2, 0) is 16.0 Å². The van der Waals surface area contributed by atoms with Gasteiger partial charge in [0.05, 0.1) is 17.4 Å². The Morgan fingerprint density at radius 2 is 1.81 bits per heavy atom. The van der Waals surface area contributed by atoms with Crippen LogP contribution in [0.1, 0.15) is 37.3 Å². The normalized spacial score (nSPS) is 21.3. The Hall–Kier alpha value is -4.22. The SMILES string of the molecule is CCC(=Nc1ccc2c(c1)CC1(C(=O)N(C)C(=O)N(C)C1=O)[C@H]1CCCN21)c1c(O)[nH]c(=O)[nH]c1=O. The average molecular weight is 495 g/mol. The number of barbiturate groups is 1. The summed E-state index contributed by atoms with van der Waals surface area (Å²) in [5.41, 5.74) is -0.818. The number of aliphatic imine (C=N–C) groups is 1. The molecule has 1 aromatic heterocycles. The zero-order valence-corrected chi connectivity index (χ0v) is 20.1. The van der Waals surface area contributed by atoms with E-state index in [1.165, 1.54) is 14.1 Å². The standard InChI is InChI=1S/C24H26N6O6/c1-4-14(17-18(31)26-22(35)27-19(17)32)25-13-7-8-15-12(10-13)11-24(16-6-5-9-30(15)16)20(33)28(2)23(36)29(3)21(24)34/h7-8,10,16H,4-6,9,11H2,1-3H3,(H3,26,27,31,32,35)/t16-/m1/s1. The first-order valence-electron chi connectivity index (χ1n) is 11.7. The molecular formula is C24H26N6O6. The van der Waals surface area contributed by atoms with Crippen LogP contribution in [-0.4, -0.2) is 75.1 Å². The van der Waals surface area contributed by atoms with E-state index in [-0.39, 0.29) is 30.2 Å². The largest absolute Gasteiger partial charge is 0.494 e. The molecule has 4 amide bonds. The molecule has 3 N–H and O–H groups in total. The highest BCUT2D eigenvalue weighted by Gasteiger charge is 2.63. The third-order valence-electron chi connectivity index (χ3n) is 7.42. The van der Waals surface area contributed by atoms with E-state index in [0.717, 1.165) is 27.5 Å². The second-order valence-corrected chi connectivity index (χ2v) is 9.37. The molecule has 1 atom stereocenters. The first kappa shape index (κ1) is 23.5. The molecule has 3 aliphatic heterocycles. The molecule has 1 aromatic carbocycles. The maximum atomic E-state index is 13.5. The number of hydrogen-bond donors (Lipinski definition) is 3. The lowest BCUT2D eigenvalue weighted by molar-refractivity contribution is -0.159. The lowest BCUT2D eigenvalue weighted by Gasteiger charge is -2.50. The van der Waals surface area contributed by atoms with E-state index in [9.17, 15) is 29.1 Å². The molecular weight excluding hydrogens is 468 g/mol. The molecule has 36 heavy (non-hydrogen) atoms. The van der Waals surface area contributed by atoms with Gasteiger partial charge in [-0.05, 0) is 49.4 Å². The third-order valence-corrected chi connectivity index (χ3v) is 7.42. The molecule has 3 aliphatic rings. The lowest BCUT2D eigenvalue weighted by atomic mass is 9.68. The Kier molecular flexibility index (Phi) is 5.34. The number of aromatic nitrogens is 2. The van der Waals surface area contributed by atoms with E-state index in [1.54, 1.807) is 19.1 Å². The Morgan fingerprint density at radius 1 is 1.11 bits per heavy atom. The minimum Gasteiger partial charge on any atom is -0.494 e. The highest BCUT2D eigenvalue weighted by Crippen LogP contribution is 2.49. The molecule has 2 saturated heterocycles. The molecule has 0 bridgehead atoms. The second-order valence-electron chi connectivity index (χ2n) is 9.37. The predicted molar refractivity (Wildman–Crippen MR) is 130 cm³/mol. The van der Waals surface area contributed by atoms with Gasteiger partial charge in [0, 0.05) is 26.3 Å². The zero-order valence-electron chi connectivity index (χ0n) is 20.1. The number of rotatable bonds is 3. The zero-order chi connectivity index (χ0) is 25.9. The first-order valence-corrected chi connectivity index (χ1v) is 11.7. The molecule has 12 nitrogen and oxygen atoms in total. The van der Waals surface area contributed by atoms with E-state index in [4.69, 9.17) is 0 Å². The number of carbonyl (C=O) groups is 3. The summed E-state index contributed by atoms with van der Waals surface area (Å²) in [7, 11) is 2.79. The molecule has 2 aromatic rings. The van der Waals surface area contributed by atoms with Crippen LogP contribution in [0.3, 0.4) is 0 Å².